The van der Waals surface area contributed by atoms with Gasteiger partial charge in [-0.1, -0.05) is 6.07 Å². The highest BCUT2D eigenvalue weighted by atomic mass is 32.1. The third-order valence-corrected chi connectivity index (χ3v) is 6.10. The van der Waals surface area contributed by atoms with Gasteiger partial charge in [0.25, 0.3) is 0 Å². The Bertz CT molecular complexity index is 406. The maximum atomic E-state index is 3.61. The van der Waals surface area contributed by atoms with Gasteiger partial charge >= 0.3 is 0 Å². The van der Waals surface area contributed by atoms with Gasteiger partial charge in [0.1, 0.15) is 0 Å². The third kappa shape index (κ3) is 4.28. The Kier molecular flexibility index (Phi) is 5.69. The van der Waals surface area contributed by atoms with Crippen molar-refractivity contribution < 1.29 is 0 Å². The SMILES string of the molecule is CN1CCCC2CN(CCNCCc3cccs3)CCC21. The zero-order valence-corrected chi connectivity index (χ0v) is 14.1. The Hall–Kier alpha value is -0.420. The Morgan fingerprint density at radius 1 is 1.29 bits per heavy atom. The summed E-state index contributed by atoms with van der Waals surface area (Å²) in [5, 5.41) is 5.77. The highest BCUT2D eigenvalue weighted by molar-refractivity contribution is 7.09. The molecule has 3 rings (SSSR count). The average Bonchev–Trinajstić information content (AvgIpc) is 3.00. The van der Waals surface area contributed by atoms with Crippen molar-refractivity contribution in [2.75, 3.05) is 46.3 Å². The predicted molar refractivity (Wildman–Crippen MR) is 91.1 cm³/mol. The normalized spacial score (nSPS) is 27.7. The van der Waals surface area contributed by atoms with E-state index in [1.165, 1.54) is 56.7 Å². The Labute approximate surface area is 133 Å². The third-order valence-electron chi connectivity index (χ3n) is 5.16. The summed E-state index contributed by atoms with van der Waals surface area (Å²) >= 11 is 1.87. The van der Waals surface area contributed by atoms with Gasteiger partial charge in [0.15, 0.2) is 0 Å². The summed E-state index contributed by atoms with van der Waals surface area (Å²) in [6.07, 6.45) is 5.38. The molecule has 1 aromatic heterocycles. The molecule has 4 heteroatoms. The van der Waals surface area contributed by atoms with Crippen LogP contribution in [0.2, 0.25) is 0 Å². The molecule has 3 heterocycles. The smallest absolute Gasteiger partial charge is 0.0145 e. The predicted octanol–water partition coefficient (Wildman–Crippen LogP) is 2.30. The highest BCUT2D eigenvalue weighted by Crippen LogP contribution is 2.29. The fourth-order valence-corrected chi connectivity index (χ4v) is 4.67. The first kappa shape index (κ1) is 15.5. The second kappa shape index (κ2) is 7.73. The van der Waals surface area contributed by atoms with Crippen molar-refractivity contribution in [2.45, 2.75) is 31.7 Å². The van der Waals surface area contributed by atoms with Gasteiger partial charge in [0.05, 0.1) is 0 Å². The monoisotopic (exact) mass is 307 g/mol. The summed E-state index contributed by atoms with van der Waals surface area (Å²) in [4.78, 5) is 6.78. The molecule has 2 saturated heterocycles. The van der Waals surface area contributed by atoms with E-state index in [-0.39, 0.29) is 0 Å². The van der Waals surface area contributed by atoms with Crippen LogP contribution in [-0.2, 0) is 6.42 Å². The van der Waals surface area contributed by atoms with Gasteiger partial charge < -0.3 is 15.1 Å². The second-order valence-corrected chi connectivity index (χ2v) is 7.65. The van der Waals surface area contributed by atoms with Gasteiger partial charge in [-0.2, -0.15) is 0 Å². The number of fused-ring (bicyclic) bond motifs is 1. The minimum absolute atomic E-state index is 0.863. The summed E-state index contributed by atoms with van der Waals surface area (Å²) in [6.45, 7) is 7.39. The maximum absolute atomic E-state index is 3.61. The van der Waals surface area contributed by atoms with E-state index >= 15 is 0 Å². The fourth-order valence-electron chi connectivity index (χ4n) is 3.96. The zero-order valence-electron chi connectivity index (χ0n) is 13.3. The average molecular weight is 308 g/mol. The lowest BCUT2D eigenvalue weighted by Gasteiger charge is -2.46. The summed E-state index contributed by atoms with van der Waals surface area (Å²) in [6, 6.07) is 5.24. The van der Waals surface area contributed by atoms with Gasteiger partial charge in [0.2, 0.25) is 0 Å². The largest absolute Gasteiger partial charge is 0.315 e. The van der Waals surface area contributed by atoms with Gasteiger partial charge in [-0.05, 0) is 63.2 Å². The summed E-state index contributed by atoms with van der Waals surface area (Å²) < 4.78 is 0. The number of nitrogens with zero attached hydrogens (tertiary/aromatic N) is 2. The van der Waals surface area contributed by atoms with Crippen LogP contribution >= 0.6 is 11.3 Å². The molecule has 2 aliphatic rings. The summed E-state index contributed by atoms with van der Waals surface area (Å²) in [5.74, 6) is 0.920. The topological polar surface area (TPSA) is 18.5 Å². The van der Waals surface area contributed by atoms with Crippen molar-refractivity contribution in [1.82, 2.24) is 15.1 Å². The lowest BCUT2D eigenvalue weighted by Crippen LogP contribution is -2.53. The number of rotatable bonds is 6. The van der Waals surface area contributed by atoms with Crippen molar-refractivity contribution in [2.24, 2.45) is 5.92 Å². The molecule has 1 aromatic rings. The zero-order chi connectivity index (χ0) is 14.5. The minimum atomic E-state index is 0.863. The van der Waals surface area contributed by atoms with E-state index < -0.39 is 0 Å². The molecule has 0 spiro atoms. The van der Waals surface area contributed by atoms with E-state index in [9.17, 15) is 0 Å². The van der Waals surface area contributed by atoms with Crippen molar-refractivity contribution >= 4 is 11.3 Å². The van der Waals surface area contributed by atoms with Crippen LogP contribution in [0.4, 0.5) is 0 Å². The molecular formula is C17H29N3S. The number of likely N-dealkylation sites (tertiary alicyclic amines) is 2. The molecule has 118 valence electrons. The van der Waals surface area contributed by atoms with Crippen LogP contribution < -0.4 is 5.32 Å². The van der Waals surface area contributed by atoms with Crippen LogP contribution in [0.1, 0.15) is 24.1 Å². The molecule has 0 aromatic carbocycles. The Morgan fingerprint density at radius 3 is 3.10 bits per heavy atom. The first-order valence-corrected chi connectivity index (χ1v) is 9.36. The molecule has 0 radical (unpaired) electrons. The first-order chi connectivity index (χ1) is 10.3. The van der Waals surface area contributed by atoms with Crippen LogP contribution in [0.5, 0.6) is 0 Å². The lowest BCUT2D eigenvalue weighted by atomic mass is 9.84. The number of hydrogen-bond donors (Lipinski definition) is 1. The summed E-state index contributed by atoms with van der Waals surface area (Å²) in [7, 11) is 2.32. The van der Waals surface area contributed by atoms with Crippen molar-refractivity contribution in [3.8, 4) is 0 Å². The Balaban J connectivity index is 1.31. The van der Waals surface area contributed by atoms with Crippen LogP contribution in [0.25, 0.3) is 0 Å². The number of thiophene rings is 1. The van der Waals surface area contributed by atoms with E-state index in [2.05, 4.69) is 39.7 Å². The lowest BCUT2D eigenvalue weighted by molar-refractivity contribution is 0.0391. The van der Waals surface area contributed by atoms with E-state index in [0.717, 1.165) is 25.0 Å². The van der Waals surface area contributed by atoms with Gasteiger partial charge in [-0.3, -0.25) is 0 Å². The molecular weight excluding hydrogens is 278 g/mol. The Morgan fingerprint density at radius 2 is 2.24 bits per heavy atom. The van der Waals surface area contributed by atoms with Crippen molar-refractivity contribution in [3.05, 3.63) is 22.4 Å². The van der Waals surface area contributed by atoms with Gasteiger partial charge in [0, 0.05) is 37.1 Å². The molecule has 2 atom stereocenters. The van der Waals surface area contributed by atoms with E-state index in [1.54, 1.807) is 0 Å². The number of hydrogen-bond acceptors (Lipinski definition) is 4. The number of piperidine rings is 2. The second-order valence-electron chi connectivity index (χ2n) is 6.62. The molecule has 1 N–H and O–H groups in total. The van der Waals surface area contributed by atoms with Crippen LogP contribution in [0.3, 0.4) is 0 Å². The first-order valence-electron chi connectivity index (χ1n) is 8.48. The molecule has 0 aliphatic carbocycles. The fraction of sp³-hybridized carbons (Fsp3) is 0.765. The quantitative estimate of drug-likeness (QED) is 0.814. The van der Waals surface area contributed by atoms with Crippen molar-refractivity contribution in [1.29, 1.82) is 0 Å². The van der Waals surface area contributed by atoms with Crippen LogP contribution in [0.15, 0.2) is 17.5 Å². The summed E-state index contributed by atoms with van der Waals surface area (Å²) in [5.41, 5.74) is 0. The molecule has 2 unspecified atom stereocenters. The number of nitrogens with one attached hydrogen (secondary N) is 1. The van der Waals surface area contributed by atoms with E-state index in [1.807, 2.05) is 11.3 Å². The van der Waals surface area contributed by atoms with E-state index in [0.29, 0.717) is 0 Å². The molecule has 0 bridgehead atoms. The molecule has 2 aliphatic heterocycles. The van der Waals surface area contributed by atoms with Crippen LogP contribution in [-0.4, -0.2) is 62.2 Å². The molecule has 0 amide bonds. The molecule has 3 nitrogen and oxygen atoms in total. The van der Waals surface area contributed by atoms with Gasteiger partial charge in [-0.15, -0.1) is 11.3 Å². The highest BCUT2D eigenvalue weighted by Gasteiger charge is 2.33. The van der Waals surface area contributed by atoms with Crippen LogP contribution in [0, 0.1) is 5.92 Å². The van der Waals surface area contributed by atoms with E-state index in [4.69, 9.17) is 0 Å². The molecule has 0 saturated carbocycles. The molecule has 2 fully saturated rings. The molecule has 21 heavy (non-hydrogen) atoms. The maximum Gasteiger partial charge on any atom is 0.0145 e. The minimum Gasteiger partial charge on any atom is -0.315 e. The standard InChI is InChI=1S/C17H29N3S/c1-19-10-2-4-15-14-20(11-7-17(15)19)12-9-18-8-6-16-5-3-13-21-16/h3,5,13,15,17-18H,2,4,6-12,14H2,1H3. The van der Waals surface area contributed by atoms with Gasteiger partial charge in [-0.25, -0.2) is 0 Å². The van der Waals surface area contributed by atoms with Crippen molar-refractivity contribution in [3.63, 3.8) is 0 Å².